The van der Waals surface area contributed by atoms with Gasteiger partial charge in [-0.25, -0.2) is 9.78 Å². The van der Waals surface area contributed by atoms with Gasteiger partial charge >= 0.3 is 5.97 Å². The standard InChI is InChI=1S/C22H28N4O4/c1-3-15(2)19(22(29)30)24-20(27)18-8-5-10-26(18)21(28)17-7-4-6-16(12-17)13-25-11-9-23-14-25/h4,6-7,9,11-12,14-15,18-19H,3,5,8,10,13H2,1-2H3,(H,24,27)(H,29,30)/t15-,18-,19-/m0/s1. The molecule has 2 amide bonds. The Balaban J connectivity index is 1.72. The summed E-state index contributed by atoms with van der Waals surface area (Å²) in [6.07, 6.45) is 7.14. The second kappa shape index (κ2) is 9.56. The van der Waals surface area contributed by atoms with Gasteiger partial charge in [0.15, 0.2) is 0 Å². The summed E-state index contributed by atoms with van der Waals surface area (Å²) in [4.78, 5) is 43.1. The fourth-order valence-corrected chi connectivity index (χ4v) is 3.77. The topological polar surface area (TPSA) is 105 Å². The molecular formula is C22H28N4O4. The van der Waals surface area contributed by atoms with Crippen LogP contribution in [-0.2, 0) is 16.1 Å². The van der Waals surface area contributed by atoms with E-state index in [2.05, 4.69) is 10.3 Å². The van der Waals surface area contributed by atoms with E-state index in [1.54, 1.807) is 30.4 Å². The molecule has 1 aliphatic heterocycles. The van der Waals surface area contributed by atoms with Crippen LogP contribution in [0.15, 0.2) is 43.0 Å². The SMILES string of the molecule is CC[C@H](C)[C@H](NC(=O)[C@@H]1CCCN1C(=O)c1cccc(Cn2ccnc2)c1)C(=O)O. The molecule has 1 fully saturated rings. The molecule has 160 valence electrons. The van der Waals surface area contributed by atoms with Crippen molar-refractivity contribution in [2.24, 2.45) is 5.92 Å². The summed E-state index contributed by atoms with van der Waals surface area (Å²) in [5.74, 6) is -1.86. The summed E-state index contributed by atoms with van der Waals surface area (Å²) in [6, 6.07) is 5.73. The molecule has 30 heavy (non-hydrogen) atoms. The number of nitrogens with one attached hydrogen (secondary N) is 1. The van der Waals surface area contributed by atoms with Crippen LogP contribution < -0.4 is 5.32 Å². The van der Waals surface area contributed by atoms with Crippen molar-refractivity contribution in [2.75, 3.05) is 6.54 Å². The largest absolute Gasteiger partial charge is 0.480 e. The second-order valence-electron chi connectivity index (χ2n) is 7.80. The average molecular weight is 412 g/mol. The van der Waals surface area contributed by atoms with Crippen LogP contribution in [0.3, 0.4) is 0 Å². The number of rotatable bonds is 8. The molecular weight excluding hydrogens is 384 g/mol. The lowest BCUT2D eigenvalue weighted by Crippen LogP contribution is -2.52. The predicted octanol–water partition coefficient (Wildman–Crippen LogP) is 2.15. The molecule has 1 aliphatic rings. The number of carbonyl (C=O) groups is 3. The molecule has 2 aromatic rings. The smallest absolute Gasteiger partial charge is 0.326 e. The molecule has 2 heterocycles. The molecule has 2 N–H and O–H groups in total. The molecule has 0 aliphatic carbocycles. The van der Waals surface area contributed by atoms with Gasteiger partial charge in [-0.1, -0.05) is 32.4 Å². The van der Waals surface area contributed by atoms with Gasteiger partial charge in [0.25, 0.3) is 5.91 Å². The summed E-state index contributed by atoms with van der Waals surface area (Å²) in [5, 5.41) is 12.1. The number of nitrogens with zero attached hydrogens (tertiary/aromatic N) is 3. The zero-order chi connectivity index (χ0) is 21.7. The van der Waals surface area contributed by atoms with Gasteiger partial charge in [-0.2, -0.15) is 0 Å². The first-order valence-electron chi connectivity index (χ1n) is 10.3. The Morgan fingerprint density at radius 3 is 2.80 bits per heavy atom. The first-order valence-corrected chi connectivity index (χ1v) is 10.3. The van der Waals surface area contributed by atoms with Crippen molar-refractivity contribution < 1.29 is 19.5 Å². The van der Waals surface area contributed by atoms with E-state index in [4.69, 9.17) is 0 Å². The van der Waals surface area contributed by atoms with E-state index in [1.807, 2.05) is 35.9 Å². The lowest BCUT2D eigenvalue weighted by Gasteiger charge is -2.27. The van der Waals surface area contributed by atoms with E-state index in [1.165, 1.54) is 0 Å². The van der Waals surface area contributed by atoms with Gasteiger partial charge < -0.3 is 19.9 Å². The van der Waals surface area contributed by atoms with Crippen LogP contribution in [0.4, 0.5) is 0 Å². The van der Waals surface area contributed by atoms with Crippen LogP contribution in [-0.4, -0.2) is 56.0 Å². The van der Waals surface area contributed by atoms with E-state index in [0.717, 1.165) is 5.56 Å². The fraction of sp³-hybridized carbons (Fsp3) is 0.455. The van der Waals surface area contributed by atoms with Crippen molar-refractivity contribution in [1.82, 2.24) is 19.8 Å². The van der Waals surface area contributed by atoms with Crippen LogP contribution in [0.1, 0.15) is 49.0 Å². The highest BCUT2D eigenvalue weighted by atomic mass is 16.4. The summed E-state index contributed by atoms with van der Waals surface area (Å²) in [7, 11) is 0. The Hall–Kier alpha value is -3.16. The second-order valence-corrected chi connectivity index (χ2v) is 7.80. The van der Waals surface area contributed by atoms with Gasteiger partial charge in [0.05, 0.1) is 6.33 Å². The summed E-state index contributed by atoms with van der Waals surface area (Å²) < 4.78 is 1.91. The highest BCUT2D eigenvalue weighted by Gasteiger charge is 2.37. The van der Waals surface area contributed by atoms with Gasteiger partial charge in [-0.15, -0.1) is 0 Å². The predicted molar refractivity (Wildman–Crippen MR) is 111 cm³/mol. The van der Waals surface area contributed by atoms with Crippen LogP contribution in [0, 0.1) is 5.92 Å². The number of benzene rings is 1. The molecule has 3 atom stereocenters. The zero-order valence-electron chi connectivity index (χ0n) is 17.3. The van der Waals surface area contributed by atoms with Gasteiger partial charge in [-0.3, -0.25) is 9.59 Å². The normalized spacial score (nSPS) is 18.1. The van der Waals surface area contributed by atoms with Crippen molar-refractivity contribution in [3.05, 3.63) is 54.1 Å². The Labute approximate surface area is 175 Å². The molecule has 1 aromatic carbocycles. The Bertz CT molecular complexity index is 896. The maximum absolute atomic E-state index is 13.1. The molecule has 8 nitrogen and oxygen atoms in total. The zero-order valence-corrected chi connectivity index (χ0v) is 17.3. The van der Waals surface area contributed by atoms with Crippen molar-refractivity contribution in [1.29, 1.82) is 0 Å². The molecule has 0 spiro atoms. The number of hydrogen-bond donors (Lipinski definition) is 2. The lowest BCUT2D eigenvalue weighted by atomic mass is 9.98. The summed E-state index contributed by atoms with van der Waals surface area (Å²) >= 11 is 0. The van der Waals surface area contributed by atoms with E-state index in [-0.39, 0.29) is 11.8 Å². The summed E-state index contributed by atoms with van der Waals surface area (Å²) in [6.45, 7) is 4.75. The van der Waals surface area contributed by atoms with Gasteiger partial charge in [-0.05, 0) is 36.5 Å². The molecule has 0 saturated carbocycles. The van der Waals surface area contributed by atoms with Crippen LogP contribution >= 0.6 is 0 Å². The number of carboxylic acids is 1. The molecule has 1 aromatic heterocycles. The molecule has 3 rings (SSSR count). The number of aliphatic carboxylic acids is 1. The third kappa shape index (κ3) is 4.87. The quantitative estimate of drug-likeness (QED) is 0.691. The van der Waals surface area contributed by atoms with E-state index >= 15 is 0 Å². The number of carboxylic acid groups (broad SMARTS) is 1. The van der Waals surface area contributed by atoms with E-state index in [0.29, 0.717) is 37.9 Å². The highest BCUT2D eigenvalue weighted by Crippen LogP contribution is 2.22. The number of amides is 2. The van der Waals surface area contributed by atoms with E-state index < -0.39 is 24.0 Å². The molecule has 0 unspecified atom stereocenters. The summed E-state index contributed by atoms with van der Waals surface area (Å²) in [5.41, 5.74) is 1.48. The Morgan fingerprint density at radius 2 is 2.13 bits per heavy atom. The van der Waals surface area contributed by atoms with Gasteiger partial charge in [0.1, 0.15) is 12.1 Å². The van der Waals surface area contributed by atoms with Crippen LogP contribution in [0.5, 0.6) is 0 Å². The number of hydrogen-bond acceptors (Lipinski definition) is 4. The number of likely N-dealkylation sites (tertiary alicyclic amines) is 1. The average Bonchev–Trinajstić information content (AvgIpc) is 3.42. The molecule has 0 radical (unpaired) electrons. The number of aromatic nitrogens is 2. The Kier molecular flexibility index (Phi) is 6.87. The van der Waals surface area contributed by atoms with Crippen molar-refractivity contribution in [3.63, 3.8) is 0 Å². The van der Waals surface area contributed by atoms with Crippen LogP contribution in [0.2, 0.25) is 0 Å². The maximum atomic E-state index is 13.1. The lowest BCUT2D eigenvalue weighted by molar-refractivity contribution is -0.143. The molecule has 0 bridgehead atoms. The maximum Gasteiger partial charge on any atom is 0.326 e. The highest BCUT2D eigenvalue weighted by molar-refractivity contribution is 5.98. The first-order chi connectivity index (χ1) is 14.4. The monoisotopic (exact) mass is 412 g/mol. The minimum Gasteiger partial charge on any atom is -0.480 e. The number of imidazole rings is 1. The van der Waals surface area contributed by atoms with Gasteiger partial charge in [0.2, 0.25) is 5.91 Å². The third-order valence-electron chi connectivity index (χ3n) is 5.69. The minimum atomic E-state index is -1.05. The van der Waals surface area contributed by atoms with Crippen LogP contribution in [0.25, 0.3) is 0 Å². The first kappa shape index (κ1) is 21.5. The van der Waals surface area contributed by atoms with Crippen molar-refractivity contribution >= 4 is 17.8 Å². The Morgan fingerprint density at radius 1 is 1.33 bits per heavy atom. The molecule has 1 saturated heterocycles. The molecule has 8 heteroatoms. The third-order valence-corrected chi connectivity index (χ3v) is 5.69. The number of carbonyl (C=O) groups excluding carboxylic acids is 2. The van der Waals surface area contributed by atoms with Crippen molar-refractivity contribution in [2.45, 2.75) is 51.7 Å². The minimum absolute atomic E-state index is 0.197. The van der Waals surface area contributed by atoms with Gasteiger partial charge in [0, 0.05) is 31.0 Å². The van der Waals surface area contributed by atoms with E-state index in [9.17, 15) is 19.5 Å². The van der Waals surface area contributed by atoms with Crippen molar-refractivity contribution in [3.8, 4) is 0 Å². The fourth-order valence-electron chi connectivity index (χ4n) is 3.77.